The van der Waals surface area contributed by atoms with Gasteiger partial charge in [-0.15, -0.1) is 0 Å². The van der Waals surface area contributed by atoms with Gasteiger partial charge in [-0.2, -0.15) is 5.26 Å². The summed E-state index contributed by atoms with van der Waals surface area (Å²) in [4.78, 5) is 0. The molecular weight excluding hydrogens is 210 g/mol. The number of hydrogen-bond acceptors (Lipinski definition) is 2. The highest BCUT2D eigenvalue weighted by atomic mass is 16.3. The van der Waals surface area contributed by atoms with E-state index in [0.29, 0.717) is 6.42 Å². The van der Waals surface area contributed by atoms with Crippen LogP contribution in [0.1, 0.15) is 48.6 Å². The monoisotopic (exact) mass is 231 g/mol. The molecule has 0 spiro atoms. The second kappa shape index (κ2) is 4.89. The number of nitriles is 1. The van der Waals surface area contributed by atoms with Crippen molar-refractivity contribution < 1.29 is 5.11 Å². The van der Waals surface area contributed by atoms with Crippen LogP contribution in [0.15, 0.2) is 12.1 Å². The maximum absolute atomic E-state index is 10.4. The molecule has 0 saturated carbocycles. The first kappa shape index (κ1) is 13.7. The molecule has 2 unspecified atom stereocenters. The Morgan fingerprint density at radius 2 is 1.76 bits per heavy atom. The number of rotatable bonds is 3. The van der Waals surface area contributed by atoms with Gasteiger partial charge in [-0.1, -0.05) is 19.1 Å². The van der Waals surface area contributed by atoms with Gasteiger partial charge in [-0.25, -0.2) is 0 Å². The third kappa shape index (κ3) is 2.50. The lowest BCUT2D eigenvalue weighted by molar-refractivity contribution is 0.0716. The Balaban J connectivity index is 3.26. The molecular formula is C15H21NO. The van der Waals surface area contributed by atoms with Gasteiger partial charge in [0, 0.05) is 0 Å². The molecule has 1 aromatic carbocycles. The molecule has 0 aromatic heterocycles. The van der Waals surface area contributed by atoms with Crippen molar-refractivity contribution in [3.05, 3.63) is 34.4 Å². The van der Waals surface area contributed by atoms with E-state index < -0.39 is 11.5 Å². The lowest BCUT2D eigenvalue weighted by Crippen LogP contribution is -2.23. The van der Waals surface area contributed by atoms with Gasteiger partial charge >= 0.3 is 0 Å². The highest BCUT2D eigenvalue weighted by molar-refractivity contribution is 5.39. The number of aliphatic hydroxyl groups is 1. The van der Waals surface area contributed by atoms with E-state index in [1.54, 1.807) is 0 Å². The smallest absolute Gasteiger partial charge is 0.0976 e. The van der Waals surface area contributed by atoms with Crippen LogP contribution in [0.3, 0.4) is 0 Å². The van der Waals surface area contributed by atoms with E-state index in [-0.39, 0.29) is 0 Å². The first-order valence-electron chi connectivity index (χ1n) is 6.02. The van der Waals surface area contributed by atoms with Crippen molar-refractivity contribution in [2.24, 2.45) is 5.41 Å². The second-order valence-corrected chi connectivity index (χ2v) is 5.08. The summed E-state index contributed by atoms with van der Waals surface area (Å²) in [6, 6.07) is 6.31. The van der Waals surface area contributed by atoms with Gasteiger partial charge in [0.05, 0.1) is 17.6 Å². The Kier molecular flexibility index (Phi) is 3.95. The van der Waals surface area contributed by atoms with Crippen LogP contribution >= 0.6 is 0 Å². The van der Waals surface area contributed by atoms with Crippen LogP contribution in [-0.2, 0) is 0 Å². The number of aryl methyl sites for hydroxylation is 3. The molecule has 0 bridgehead atoms. The number of nitrogens with zero attached hydrogens (tertiary/aromatic N) is 1. The van der Waals surface area contributed by atoms with Crippen LogP contribution in [0, 0.1) is 37.5 Å². The van der Waals surface area contributed by atoms with Crippen molar-refractivity contribution in [3.8, 4) is 6.07 Å². The Hall–Kier alpha value is -1.33. The maximum atomic E-state index is 10.4. The summed E-state index contributed by atoms with van der Waals surface area (Å²) in [7, 11) is 0. The molecule has 1 N–H and O–H groups in total. The molecule has 0 saturated heterocycles. The summed E-state index contributed by atoms with van der Waals surface area (Å²) < 4.78 is 0. The van der Waals surface area contributed by atoms with Gasteiger partial charge in [0.25, 0.3) is 0 Å². The van der Waals surface area contributed by atoms with E-state index in [1.807, 2.05) is 33.8 Å². The van der Waals surface area contributed by atoms with Crippen LogP contribution in [0.2, 0.25) is 0 Å². The van der Waals surface area contributed by atoms with E-state index in [0.717, 1.165) is 16.7 Å². The average molecular weight is 231 g/mol. The number of hydrogen-bond donors (Lipinski definition) is 1. The molecule has 0 radical (unpaired) electrons. The lowest BCUT2D eigenvalue weighted by atomic mass is 9.78. The van der Waals surface area contributed by atoms with Gasteiger partial charge < -0.3 is 5.11 Å². The average Bonchev–Trinajstić information content (AvgIpc) is 2.32. The van der Waals surface area contributed by atoms with Crippen molar-refractivity contribution in [1.82, 2.24) is 0 Å². The molecule has 17 heavy (non-hydrogen) atoms. The van der Waals surface area contributed by atoms with Crippen molar-refractivity contribution in [1.29, 1.82) is 5.26 Å². The fourth-order valence-electron chi connectivity index (χ4n) is 1.95. The fourth-order valence-corrected chi connectivity index (χ4v) is 1.95. The highest BCUT2D eigenvalue weighted by Crippen LogP contribution is 2.38. The van der Waals surface area contributed by atoms with Gasteiger partial charge in [0.1, 0.15) is 0 Å². The third-order valence-electron chi connectivity index (χ3n) is 3.77. The minimum atomic E-state index is -0.725. The topological polar surface area (TPSA) is 44.0 Å². The van der Waals surface area contributed by atoms with Crippen LogP contribution in [-0.4, -0.2) is 5.11 Å². The van der Waals surface area contributed by atoms with E-state index in [2.05, 4.69) is 19.1 Å². The van der Waals surface area contributed by atoms with E-state index >= 15 is 0 Å². The van der Waals surface area contributed by atoms with Crippen molar-refractivity contribution in [2.75, 3.05) is 0 Å². The normalized spacial score (nSPS) is 16.1. The molecule has 0 aliphatic rings. The number of benzene rings is 1. The summed E-state index contributed by atoms with van der Waals surface area (Å²) in [5.41, 5.74) is 3.58. The minimum absolute atomic E-state index is 0.636. The zero-order chi connectivity index (χ0) is 13.2. The second-order valence-electron chi connectivity index (χ2n) is 5.08. The molecule has 0 aliphatic carbocycles. The zero-order valence-electron chi connectivity index (χ0n) is 11.3. The molecule has 1 rings (SSSR count). The van der Waals surface area contributed by atoms with Gasteiger partial charge in [-0.3, -0.25) is 0 Å². The van der Waals surface area contributed by atoms with Crippen LogP contribution < -0.4 is 0 Å². The molecule has 1 aromatic rings. The first-order valence-corrected chi connectivity index (χ1v) is 6.02. The maximum Gasteiger partial charge on any atom is 0.0976 e. The molecule has 2 nitrogen and oxygen atoms in total. The Labute approximate surface area is 104 Å². The minimum Gasteiger partial charge on any atom is -0.387 e. The number of aliphatic hydroxyl groups excluding tert-OH is 1. The quantitative estimate of drug-likeness (QED) is 0.864. The SMILES string of the molecule is CCC(C)(C#N)C(O)c1cc(C)c(C)cc1C. The van der Waals surface area contributed by atoms with Crippen molar-refractivity contribution in [2.45, 2.75) is 47.1 Å². The Morgan fingerprint density at radius 3 is 2.24 bits per heavy atom. The van der Waals surface area contributed by atoms with Gasteiger partial charge in [0.15, 0.2) is 0 Å². The largest absolute Gasteiger partial charge is 0.387 e. The van der Waals surface area contributed by atoms with Crippen LogP contribution in [0.25, 0.3) is 0 Å². The van der Waals surface area contributed by atoms with Gasteiger partial charge in [0.2, 0.25) is 0 Å². The first-order chi connectivity index (χ1) is 7.85. The Bertz CT molecular complexity index is 459. The summed E-state index contributed by atoms with van der Waals surface area (Å²) in [6.45, 7) is 9.82. The molecule has 2 atom stereocenters. The van der Waals surface area contributed by atoms with Gasteiger partial charge in [-0.05, 0) is 56.4 Å². The predicted octanol–water partition coefficient (Wildman–Crippen LogP) is 3.59. The van der Waals surface area contributed by atoms with E-state index in [1.165, 1.54) is 5.56 Å². The lowest BCUT2D eigenvalue weighted by Gasteiger charge is -2.28. The molecule has 0 heterocycles. The molecule has 92 valence electrons. The third-order valence-corrected chi connectivity index (χ3v) is 3.77. The summed E-state index contributed by atoms with van der Waals surface area (Å²) in [6.07, 6.45) is -0.0892. The highest BCUT2D eigenvalue weighted by Gasteiger charge is 2.33. The van der Waals surface area contributed by atoms with Crippen LogP contribution in [0.5, 0.6) is 0 Å². The summed E-state index contributed by atoms with van der Waals surface area (Å²) in [5, 5.41) is 19.6. The molecule has 0 amide bonds. The molecule has 0 aliphatic heterocycles. The molecule has 0 fully saturated rings. The van der Waals surface area contributed by atoms with Crippen molar-refractivity contribution in [3.63, 3.8) is 0 Å². The zero-order valence-corrected chi connectivity index (χ0v) is 11.3. The summed E-state index contributed by atoms with van der Waals surface area (Å²) >= 11 is 0. The predicted molar refractivity (Wildman–Crippen MR) is 69.6 cm³/mol. The van der Waals surface area contributed by atoms with E-state index in [4.69, 9.17) is 0 Å². The molecule has 2 heteroatoms. The van der Waals surface area contributed by atoms with Crippen molar-refractivity contribution >= 4 is 0 Å². The van der Waals surface area contributed by atoms with Crippen LogP contribution in [0.4, 0.5) is 0 Å². The summed E-state index contributed by atoms with van der Waals surface area (Å²) in [5.74, 6) is 0. The Morgan fingerprint density at radius 1 is 1.24 bits per heavy atom. The standard InChI is InChI=1S/C15H21NO/c1-6-15(5,9-16)14(17)13-8-11(3)10(2)7-12(13)4/h7-8,14,17H,6H2,1-5H3. The van der Waals surface area contributed by atoms with E-state index in [9.17, 15) is 10.4 Å². The fraction of sp³-hybridized carbons (Fsp3) is 0.533.